The largest absolute Gasteiger partial charge is 0.346 e. The number of amides is 1. The predicted octanol–water partition coefficient (Wildman–Crippen LogP) is 2.92. The lowest BCUT2D eigenvalue weighted by Gasteiger charge is -2.39. The number of halogens is 1. The SMILES string of the molecule is Cl.O=C(C1CCC1)N1CCN(C2=NN=C(c3cccs3)CS2)CC1. The Hall–Kier alpha value is -1.05. The van der Waals surface area contributed by atoms with Gasteiger partial charge in [-0.15, -0.1) is 28.8 Å². The number of thioether (sulfide) groups is 1. The van der Waals surface area contributed by atoms with Crippen LogP contribution in [-0.2, 0) is 4.79 Å². The number of carbonyl (C=O) groups excluding carboxylic acids is 1. The maximum atomic E-state index is 12.3. The number of piperazine rings is 1. The molecule has 0 radical (unpaired) electrons. The molecule has 1 aliphatic carbocycles. The van der Waals surface area contributed by atoms with Crippen molar-refractivity contribution >= 4 is 52.3 Å². The number of hydrogen-bond donors (Lipinski definition) is 0. The van der Waals surface area contributed by atoms with Gasteiger partial charge in [-0.1, -0.05) is 24.2 Å². The van der Waals surface area contributed by atoms with Crippen molar-refractivity contribution in [2.45, 2.75) is 19.3 Å². The molecule has 0 N–H and O–H groups in total. The molecule has 0 bridgehead atoms. The molecule has 8 heteroatoms. The Labute approximate surface area is 156 Å². The van der Waals surface area contributed by atoms with Crippen LogP contribution in [0.3, 0.4) is 0 Å². The Morgan fingerprint density at radius 1 is 1.17 bits per heavy atom. The van der Waals surface area contributed by atoms with E-state index in [2.05, 4.69) is 26.5 Å². The van der Waals surface area contributed by atoms with E-state index in [4.69, 9.17) is 0 Å². The van der Waals surface area contributed by atoms with Crippen molar-refractivity contribution in [1.82, 2.24) is 9.80 Å². The first-order valence-corrected chi connectivity index (χ1v) is 10.0. The van der Waals surface area contributed by atoms with E-state index in [0.29, 0.717) is 11.8 Å². The van der Waals surface area contributed by atoms with Gasteiger partial charge in [0.2, 0.25) is 5.91 Å². The molecule has 5 nitrogen and oxygen atoms in total. The molecule has 24 heavy (non-hydrogen) atoms. The van der Waals surface area contributed by atoms with Crippen LogP contribution in [0, 0.1) is 5.92 Å². The number of carbonyl (C=O) groups is 1. The van der Waals surface area contributed by atoms with Crippen LogP contribution in [0.4, 0.5) is 0 Å². The lowest BCUT2D eigenvalue weighted by Crippen LogP contribution is -2.52. The summed E-state index contributed by atoms with van der Waals surface area (Å²) < 4.78 is 0. The second kappa shape index (κ2) is 7.89. The summed E-state index contributed by atoms with van der Waals surface area (Å²) in [6, 6.07) is 4.14. The first-order chi connectivity index (χ1) is 11.3. The molecule has 0 spiro atoms. The Balaban J connectivity index is 0.00000169. The molecule has 0 unspecified atom stereocenters. The summed E-state index contributed by atoms with van der Waals surface area (Å²) in [5.41, 5.74) is 1.06. The number of nitrogens with zero attached hydrogens (tertiary/aromatic N) is 4. The van der Waals surface area contributed by atoms with E-state index in [0.717, 1.165) is 55.7 Å². The number of amidine groups is 1. The third kappa shape index (κ3) is 3.63. The van der Waals surface area contributed by atoms with E-state index in [1.54, 1.807) is 23.1 Å². The minimum Gasteiger partial charge on any atom is -0.346 e. The van der Waals surface area contributed by atoms with Gasteiger partial charge in [0.15, 0.2) is 5.17 Å². The molecule has 1 amide bonds. The highest BCUT2D eigenvalue weighted by Crippen LogP contribution is 2.29. The minimum atomic E-state index is 0. The van der Waals surface area contributed by atoms with E-state index in [9.17, 15) is 4.79 Å². The second-order valence-electron chi connectivity index (χ2n) is 6.14. The van der Waals surface area contributed by atoms with Crippen molar-refractivity contribution in [1.29, 1.82) is 0 Å². The molecular formula is C16H21ClN4OS2. The zero-order valence-corrected chi connectivity index (χ0v) is 15.8. The van der Waals surface area contributed by atoms with Gasteiger partial charge in [0.05, 0.1) is 10.6 Å². The Morgan fingerprint density at radius 3 is 2.50 bits per heavy atom. The predicted molar refractivity (Wildman–Crippen MR) is 103 cm³/mol. The molecule has 2 aliphatic heterocycles. The van der Waals surface area contributed by atoms with E-state index < -0.39 is 0 Å². The van der Waals surface area contributed by atoms with Crippen molar-refractivity contribution in [3.63, 3.8) is 0 Å². The molecule has 3 heterocycles. The zero-order valence-electron chi connectivity index (χ0n) is 13.4. The van der Waals surface area contributed by atoms with Gasteiger partial charge in [-0.2, -0.15) is 5.10 Å². The maximum absolute atomic E-state index is 12.3. The molecule has 3 aliphatic rings. The molecule has 0 atom stereocenters. The molecular weight excluding hydrogens is 364 g/mol. The zero-order chi connectivity index (χ0) is 15.6. The molecule has 130 valence electrons. The molecule has 1 saturated heterocycles. The van der Waals surface area contributed by atoms with Crippen molar-refractivity contribution in [2.24, 2.45) is 16.1 Å². The summed E-state index contributed by atoms with van der Waals surface area (Å²) in [6.07, 6.45) is 3.39. The van der Waals surface area contributed by atoms with Gasteiger partial charge in [0.25, 0.3) is 0 Å². The normalized spacial score (nSPS) is 21.5. The molecule has 1 aromatic rings. The van der Waals surface area contributed by atoms with E-state index in [-0.39, 0.29) is 12.4 Å². The average Bonchev–Trinajstić information content (AvgIpc) is 3.08. The number of thiophene rings is 1. The van der Waals surface area contributed by atoms with Crippen LogP contribution in [0.25, 0.3) is 0 Å². The Morgan fingerprint density at radius 2 is 1.96 bits per heavy atom. The third-order valence-electron chi connectivity index (χ3n) is 4.72. The maximum Gasteiger partial charge on any atom is 0.225 e. The van der Waals surface area contributed by atoms with Crippen LogP contribution in [0.15, 0.2) is 27.7 Å². The lowest BCUT2D eigenvalue weighted by atomic mass is 9.84. The first-order valence-electron chi connectivity index (χ1n) is 8.16. The lowest BCUT2D eigenvalue weighted by molar-refractivity contribution is -0.139. The van der Waals surface area contributed by atoms with Gasteiger partial charge in [0.1, 0.15) is 0 Å². The molecule has 1 saturated carbocycles. The minimum absolute atomic E-state index is 0. The highest BCUT2D eigenvalue weighted by Gasteiger charge is 2.32. The van der Waals surface area contributed by atoms with Crippen molar-refractivity contribution in [3.05, 3.63) is 22.4 Å². The van der Waals surface area contributed by atoms with Crippen molar-refractivity contribution in [3.8, 4) is 0 Å². The summed E-state index contributed by atoms with van der Waals surface area (Å²) in [4.78, 5) is 17.8. The van der Waals surface area contributed by atoms with Crippen molar-refractivity contribution in [2.75, 3.05) is 31.9 Å². The molecule has 1 aromatic heterocycles. The number of rotatable bonds is 2. The standard InChI is InChI=1S/C16H20N4OS2.ClH/c21-15(12-3-1-4-12)19-6-8-20(9-7-19)16-18-17-13(11-23-16)14-5-2-10-22-14;/h2,5,10,12H,1,3-4,6-9,11H2;1H. The van der Waals surface area contributed by atoms with Gasteiger partial charge in [-0.25, -0.2) is 0 Å². The Bertz CT molecular complexity index is 635. The Kier molecular flexibility index (Phi) is 5.84. The summed E-state index contributed by atoms with van der Waals surface area (Å²) in [6.45, 7) is 3.37. The van der Waals surface area contributed by atoms with Gasteiger partial charge in [0, 0.05) is 37.8 Å². The summed E-state index contributed by atoms with van der Waals surface area (Å²) in [5.74, 6) is 1.55. The van der Waals surface area contributed by atoms with Gasteiger partial charge >= 0.3 is 0 Å². The van der Waals surface area contributed by atoms with E-state index in [1.807, 2.05) is 11.0 Å². The summed E-state index contributed by atoms with van der Waals surface area (Å²) in [7, 11) is 0. The third-order valence-corrected chi connectivity index (χ3v) is 6.65. The van der Waals surface area contributed by atoms with Gasteiger partial charge in [-0.05, 0) is 24.3 Å². The summed E-state index contributed by atoms with van der Waals surface area (Å²) in [5, 5.41) is 11.9. The van der Waals surface area contributed by atoms with E-state index in [1.165, 1.54) is 11.3 Å². The fraction of sp³-hybridized carbons (Fsp3) is 0.562. The molecule has 2 fully saturated rings. The topological polar surface area (TPSA) is 48.3 Å². The molecule has 0 aromatic carbocycles. The van der Waals surface area contributed by atoms with Crippen LogP contribution < -0.4 is 0 Å². The second-order valence-corrected chi connectivity index (χ2v) is 8.03. The highest BCUT2D eigenvalue weighted by molar-refractivity contribution is 8.14. The van der Waals surface area contributed by atoms with Crippen LogP contribution >= 0.6 is 35.5 Å². The van der Waals surface area contributed by atoms with E-state index >= 15 is 0 Å². The van der Waals surface area contributed by atoms with Gasteiger partial charge < -0.3 is 9.80 Å². The number of hydrogen-bond acceptors (Lipinski definition) is 6. The van der Waals surface area contributed by atoms with Gasteiger partial charge in [-0.3, -0.25) is 4.79 Å². The smallest absolute Gasteiger partial charge is 0.225 e. The average molecular weight is 385 g/mol. The van der Waals surface area contributed by atoms with Crippen LogP contribution in [-0.4, -0.2) is 58.5 Å². The fourth-order valence-corrected chi connectivity index (χ4v) is 4.79. The highest BCUT2D eigenvalue weighted by atomic mass is 35.5. The molecule has 4 rings (SSSR count). The summed E-state index contributed by atoms with van der Waals surface area (Å²) >= 11 is 3.46. The quantitative estimate of drug-likeness (QED) is 0.787. The first kappa shape index (κ1) is 17.8. The van der Waals surface area contributed by atoms with Crippen LogP contribution in [0.5, 0.6) is 0 Å². The fourth-order valence-electron chi connectivity index (χ4n) is 3.04. The van der Waals surface area contributed by atoms with Crippen molar-refractivity contribution < 1.29 is 4.79 Å². The van der Waals surface area contributed by atoms with Crippen LogP contribution in [0.2, 0.25) is 0 Å². The monoisotopic (exact) mass is 384 g/mol. The van der Waals surface area contributed by atoms with Crippen LogP contribution in [0.1, 0.15) is 24.1 Å².